The largest absolute Gasteiger partial charge is 0.466 e. The van der Waals surface area contributed by atoms with Crippen LogP contribution >= 0.6 is 0 Å². The van der Waals surface area contributed by atoms with Gasteiger partial charge >= 0.3 is 11.9 Å². The number of hydrogen-bond donors (Lipinski definition) is 0. The maximum atomic E-state index is 10.9. The van der Waals surface area contributed by atoms with Crippen molar-refractivity contribution in [3.8, 4) is 0 Å². The van der Waals surface area contributed by atoms with Crippen LogP contribution in [0.2, 0.25) is 0 Å². The van der Waals surface area contributed by atoms with Gasteiger partial charge in [-0.25, -0.2) is 9.59 Å². The lowest BCUT2D eigenvalue weighted by Crippen LogP contribution is -2.07. The molecule has 68 valence electrons. The summed E-state index contributed by atoms with van der Waals surface area (Å²) in [7, 11) is 1.25. The zero-order valence-electron chi connectivity index (χ0n) is 7.42. The van der Waals surface area contributed by atoms with Crippen molar-refractivity contribution < 1.29 is 19.1 Å². The number of carbonyl (C=O) groups excluding carboxylic acids is 2. The summed E-state index contributed by atoms with van der Waals surface area (Å²) in [4.78, 5) is 21.5. The molecule has 0 amide bonds. The first kappa shape index (κ1) is 10.7. The summed E-state index contributed by atoms with van der Waals surface area (Å²) >= 11 is 0. The molecule has 0 aromatic rings. The van der Waals surface area contributed by atoms with Gasteiger partial charge in [0.15, 0.2) is 0 Å². The van der Waals surface area contributed by atoms with E-state index in [4.69, 9.17) is 0 Å². The fraction of sp³-hybridized carbons (Fsp3) is 0.500. The minimum absolute atomic E-state index is 0.240. The van der Waals surface area contributed by atoms with Crippen LogP contribution in [0.15, 0.2) is 11.6 Å². The van der Waals surface area contributed by atoms with Crippen molar-refractivity contribution in [1.82, 2.24) is 0 Å². The van der Waals surface area contributed by atoms with Crippen LogP contribution in [-0.4, -0.2) is 25.7 Å². The van der Waals surface area contributed by atoms with Crippen molar-refractivity contribution in [2.75, 3.05) is 13.7 Å². The minimum atomic E-state index is -0.555. The van der Waals surface area contributed by atoms with Crippen LogP contribution in [0.5, 0.6) is 0 Å². The van der Waals surface area contributed by atoms with E-state index in [9.17, 15) is 9.59 Å². The normalized spacial score (nSPS) is 10.8. The molecule has 0 atom stereocenters. The third-order valence-electron chi connectivity index (χ3n) is 1.13. The number of carbonyl (C=O) groups is 2. The standard InChI is InChI=1S/C8H12O4/c1-4-12-8(10)6(2)5-7(9)11-3/h5H,4H2,1-3H3/b6-5-. The van der Waals surface area contributed by atoms with E-state index in [1.54, 1.807) is 6.92 Å². The van der Waals surface area contributed by atoms with Crippen molar-refractivity contribution >= 4 is 11.9 Å². The molecule has 0 aromatic heterocycles. The van der Waals surface area contributed by atoms with Crippen LogP contribution in [-0.2, 0) is 19.1 Å². The van der Waals surface area contributed by atoms with Gasteiger partial charge in [-0.15, -0.1) is 0 Å². The second kappa shape index (κ2) is 5.35. The van der Waals surface area contributed by atoms with Gasteiger partial charge in [-0.1, -0.05) is 0 Å². The monoisotopic (exact) mass is 172 g/mol. The van der Waals surface area contributed by atoms with E-state index in [-0.39, 0.29) is 5.57 Å². The van der Waals surface area contributed by atoms with Crippen molar-refractivity contribution in [2.24, 2.45) is 0 Å². The van der Waals surface area contributed by atoms with Gasteiger partial charge < -0.3 is 9.47 Å². The Morgan fingerprint density at radius 1 is 1.42 bits per heavy atom. The molecule has 0 saturated heterocycles. The summed E-state index contributed by atoms with van der Waals surface area (Å²) in [5, 5.41) is 0. The second-order valence-corrected chi connectivity index (χ2v) is 2.07. The fourth-order valence-corrected chi connectivity index (χ4v) is 0.540. The summed E-state index contributed by atoms with van der Waals surface area (Å²) in [5.74, 6) is -1.05. The zero-order chi connectivity index (χ0) is 9.56. The SMILES string of the molecule is CCOC(=O)/C(C)=C\C(=O)OC. The Hall–Kier alpha value is -1.32. The van der Waals surface area contributed by atoms with Gasteiger partial charge in [0.1, 0.15) is 0 Å². The molecule has 0 saturated carbocycles. The van der Waals surface area contributed by atoms with E-state index in [0.29, 0.717) is 6.61 Å². The minimum Gasteiger partial charge on any atom is -0.466 e. The predicted octanol–water partition coefficient (Wildman–Crippen LogP) is 0.669. The summed E-state index contributed by atoms with van der Waals surface area (Å²) < 4.78 is 8.96. The molecule has 0 bridgehead atoms. The Bertz CT molecular complexity index is 205. The first-order valence-electron chi connectivity index (χ1n) is 3.55. The zero-order valence-corrected chi connectivity index (χ0v) is 7.42. The van der Waals surface area contributed by atoms with Crippen LogP contribution in [0, 0.1) is 0 Å². The molecule has 0 fully saturated rings. The van der Waals surface area contributed by atoms with Crippen molar-refractivity contribution in [1.29, 1.82) is 0 Å². The highest BCUT2D eigenvalue weighted by atomic mass is 16.5. The lowest BCUT2D eigenvalue weighted by molar-refractivity contribution is -0.140. The summed E-state index contributed by atoms with van der Waals surface area (Å²) in [6, 6.07) is 0. The number of hydrogen-bond acceptors (Lipinski definition) is 4. The quantitative estimate of drug-likeness (QED) is 0.463. The van der Waals surface area contributed by atoms with E-state index < -0.39 is 11.9 Å². The average Bonchev–Trinajstić information content (AvgIpc) is 2.04. The first-order chi connectivity index (χ1) is 5.61. The molecule has 4 nitrogen and oxygen atoms in total. The second-order valence-electron chi connectivity index (χ2n) is 2.07. The molecule has 0 aliphatic heterocycles. The average molecular weight is 172 g/mol. The maximum absolute atomic E-state index is 10.9. The smallest absolute Gasteiger partial charge is 0.333 e. The Kier molecular flexibility index (Phi) is 4.76. The van der Waals surface area contributed by atoms with Crippen LogP contribution in [0.25, 0.3) is 0 Å². The van der Waals surface area contributed by atoms with Gasteiger partial charge in [0, 0.05) is 11.6 Å². The molecule has 0 aliphatic rings. The van der Waals surface area contributed by atoms with Gasteiger partial charge in [0.25, 0.3) is 0 Å². The lowest BCUT2D eigenvalue weighted by atomic mass is 10.3. The van der Waals surface area contributed by atoms with Crippen molar-refractivity contribution in [3.63, 3.8) is 0 Å². The Balaban J connectivity index is 4.17. The summed E-state index contributed by atoms with van der Waals surface area (Å²) in [6.07, 6.45) is 1.10. The van der Waals surface area contributed by atoms with E-state index in [0.717, 1.165) is 6.08 Å². The van der Waals surface area contributed by atoms with E-state index in [2.05, 4.69) is 9.47 Å². The predicted molar refractivity (Wildman–Crippen MR) is 42.4 cm³/mol. The maximum Gasteiger partial charge on any atom is 0.333 e. The van der Waals surface area contributed by atoms with Crippen LogP contribution in [0.1, 0.15) is 13.8 Å². The van der Waals surface area contributed by atoms with Gasteiger partial charge in [-0.2, -0.15) is 0 Å². The molecule has 0 rings (SSSR count). The summed E-state index contributed by atoms with van der Waals surface area (Å²) in [6.45, 7) is 3.49. The number of rotatable bonds is 3. The first-order valence-corrected chi connectivity index (χ1v) is 3.55. The van der Waals surface area contributed by atoms with Crippen molar-refractivity contribution in [3.05, 3.63) is 11.6 Å². The van der Waals surface area contributed by atoms with E-state index in [1.165, 1.54) is 14.0 Å². The Labute approximate surface area is 71.2 Å². The highest BCUT2D eigenvalue weighted by molar-refractivity contribution is 5.95. The molecule has 0 aliphatic carbocycles. The molecular formula is C8H12O4. The number of esters is 2. The topological polar surface area (TPSA) is 52.6 Å². The fourth-order valence-electron chi connectivity index (χ4n) is 0.540. The van der Waals surface area contributed by atoms with Gasteiger partial charge in [0.2, 0.25) is 0 Å². The third kappa shape index (κ3) is 3.75. The molecule has 0 heterocycles. The molecule has 0 aromatic carbocycles. The molecule has 0 N–H and O–H groups in total. The molecule has 0 spiro atoms. The highest BCUT2D eigenvalue weighted by Gasteiger charge is 2.06. The van der Waals surface area contributed by atoms with E-state index >= 15 is 0 Å². The lowest BCUT2D eigenvalue weighted by Gasteiger charge is -1.99. The molecule has 4 heteroatoms. The highest BCUT2D eigenvalue weighted by Crippen LogP contribution is 1.96. The van der Waals surface area contributed by atoms with Crippen LogP contribution < -0.4 is 0 Å². The molecule has 0 radical (unpaired) electrons. The number of ether oxygens (including phenoxy) is 2. The third-order valence-corrected chi connectivity index (χ3v) is 1.13. The van der Waals surface area contributed by atoms with Gasteiger partial charge in [-0.3, -0.25) is 0 Å². The Morgan fingerprint density at radius 2 is 2.00 bits per heavy atom. The Morgan fingerprint density at radius 3 is 2.42 bits per heavy atom. The summed E-state index contributed by atoms with van der Waals surface area (Å²) in [5.41, 5.74) is 0.240. The van der Waals surface area contributed by atoms with Crippen molar-refractivity contribution in [2.45, 2.75) is 13.8 Å². The van der Waals surface area contributed by atoms with Crippen LogP contribution in [0.3, 0.4) is 0 Å². The molecule has 0 unspecified atom stereocenters. The van der Waals surface area contributed by atoms with Gasteiger partial charge in [0.05, 0.1) is 13.7 Å². The number of methoxy groups -OCH3 is 1. The molecule has 12 heavy (non-hydrogen) atoms. The van der Waals surface area contributed by atoms with Crippen LogP contribution in [0.4, 0.5) is 0 Å². The molecular weight excluding hydrogens is 160 g/mol. The van der Waals surface area contributed by atoms with Gasteiger partial charge in [-0.05, 0) is 13.8 Å². The van der Waals surface area contributed by atoms with E-state index in [1.807, 2.05) is 0 Å².